The van der Waals surface area contributed by atoms with Crippen LogP contribution in [0.25, 0.3) is 22.4 Å². The fraction of sp³-hybridized carbons (Fsp3) is 0.0667. The van der Waals surface area contributed by atoms with E-state index >= 15 is 0 Å². The van der Waals surface area contributed by atoms with Crippen LogP contribution in [-0.4, -0.2) is 24.6 Å². The average molecular weight is 297 g/mol. The third kappa shape index (κ3) is 2.39. The second-order valence-corrected chi connectivity index (χ2v) is 6.68. The van der Waals surface area contributed by atoms with Crippen LogP contribution in [0.3, 0.4) is 0 Å². The third-order valence-corrected chi connectivity index (χ3v) is 4.29. The Bertz CT molecular complexity index is 964. The van der Waals surface area contributed by atoms with Crippen molar-refractivity contribution >= 4 is 20.9 Å². The Balaban J connectivity index is 2.19. The Hall–Kier alpha value is -2.65. The first-order valence-electron chi connectivity index (χ1n) is 6.18. The molecule has 6 heteroatoms. The van der Waals surface area contributed by atoms with Crippen LogP contribution in [0.2, 0.25) is 0 Å². The number of nitriles is 1. The lowest BCUT2D eigenvalue weighted by Crippen LogP contribution is -1.97. The van der Waals surface area contributed by atoms with Crippen molar-refractivity contribution in [3.05, 3.63) is 48.0 Å². The molecule has 0 aliphatic heterocycles. The maximum absolute atomic E-state index is 11.8. The smallest absolute Gasteiger partial charge is 0.177 e. The van der Waals surface area contributed by atoms with Gasteiger partial charge in [-0.1, -0.05) is 6.07 Å². The van der Waals surface area contributed by atoms with Gasteiger partial charge >= 0.3 is 0 Å². The predicted molar refractivity (Wildman–Crippen MR) is 79.4 cm³/mol. The van der Waals surface area contributed by atoms with E-state index in [0.29, 0.717) is 22.4 Å². The van der Waals surface area contributed by atoms with E-state index < -0.39 is 9.84 Å². The number of sulfone groups is 1. The molecule has 0 spiro atoms. The summed E-state index contributed by atoms with van der Waals surface area (Å²) in [6.45, 7) is 0. The van der Waals surface area contributed by atoms with Gasteiger partial charge in [-0.2, -0.15) is 5.26 Å². The molecule has 0 aliphatic carbocycles. The van der Waals surface area contributed by atoms with E-state index in [1.54, 1.807) is 42.5 Å². The zero-order valence-electron chi connectivity index (χ0n) is 11.2. The number of aromatic amines is 1. The molecule has 1 N–H and O–H groups in total. The van der Waals surface area contributed by atoms with Gasteiger partial charge in [0, 0.05) is 11.8 Å². The number of para-hydroxylation sites is 1. The topological polar surface area (TPSA) is 86.6 Å². The second kappa shape index (κ2) is 4.72. The maximum Gasteiger partial charge on any atom is 0.177 e. The molecule has 0 radical (unpaired) electrons. The third-order valence-electron chi connectivity index (χ3n) is 3.16. The molecule has 0 amide bonds. The number of rotatable bonds is 2. The number of nitrogens with one attached hydrogen (secondary N) is 1. The van der Waals surface area contributed by atoms with Crippen molar-refractivity contribution in [1.82, 2.24) is 9.97 Å². The van der Waals surface area contributed by atoms with E-state index in [1.807, 2.05) is 0 Å². The highest BCUT2D eigenvalue weighted by Crippen LogP contribution is 2.25. The number of fused-ring (bicyclic) bond motifs is 1. The summed E-state index contributed by atoms with van der Waals surface area (Å²) in [5, 5.41) is 8.80. The molecule has 0 saturated heterocycles. The Morgan fingerprint density at radius 2 is 1.86 bits per heavy atom. The van der Waals surface area contributed by atoms with Crippen molar-refractivity contribution in [2.75, 3.05) is 6.26 Å². The molecule has 3 rings (SSSR count). The van der Waals surface area contributed by atoms with Crippen molar-refractivity contribution in [1.29, 1.82) is 5.26 Å². The normalized spacial score (nSPS) is 11.4. The average Bonchev–Trinajstić information content (AvgIpc) is 2.90. The van der Waals surface area contributed by atoms with Gasteiger partial charge in [0.15, 0.2) is 9.84 Å². The minimum absolute atomic E-state index is 0.205. The van der Waals surface area contributed by atoms with Crippen molar-refractivity contribution < 1.29 is 8.42 Å². The Morgan fingerprint density at radius 3 is 2.48 bits per heavy atom. The lowest BCUT2D eigenvalue weighted by atomic mass is 10.1. The van der Waals surface area contributed by atoms with Gasteiger partial charge in [-0.15, -0.1) is 0 Å². The second-order valence-electron chi connectivity index (χ2n) is 4.70. The van der Waals surface area contributed by atoms with E-state index in [0.717, 1.165) is 11.8 Å². The molecule has 3 aromatic rings. The lowest BCUT2D eigenvalue weighted by Gasteiger charge is -1.97. The van der Waals surface area contributed by atoms with Gasteiger partial charge in [-0.05, 0) is 36.4 Å². The molecule has 0 unspecified atom stereocenters. The summed E-state index contributed by atoms with van der Waals surface area (Å²) in [4.78, 5) is 7.70. The standard InChI is InChI=1S/C15H11N3O2S/c1-21(19,20)13-4-2-3-12-14(13)18-15(17-12)11-7-5-10(9-16)6-8-11/h2-8H,1H3,(H,17,18). The molecule has 0 aliphatic rings. The summed E-state index contributed by atoms with van der Waals surface area (Å²) >= 11 is 0. The molecular weight excluding hydrogens is 286 g/mol. The van der Waals surface area contributed by atoms with Crippen LogP contribution in [0.4, 0.5) is 0 Å². The van der Waals surface area contributed by atoms with E-state index in [1.165, 1.54) is 0 Å². The number of nitrogens with zero attached hydrogens (tertiary/aromatic N) is 2. The Labute approximate surface area is 121 Å². The SMILES string of the molecule is CS(=O)(=O)c1cccc2[nH]c(-c3ccc(C#N)cc3)nc12. The van der Waals surface area contributed by atoms with E-state index in [-0.39, 0.29) is 4.90 Å². The predicted octanol–water partition coefficient (Wildman–Crippen LogP) is 2.51. The quantitative estimate of drug-likeness (QED) is 0.787. The zero-order chi connectivity index (χ0) is 15.0. The summed E-state index contributed by atoms with van der Waals surface area (Å²) < 4.78 is 23.6. The van der Waals surface area contributed by atoms with Gasteiger partial charge in [0.25, 0.3) is 0 Å². The lowest BCUT2D eigenvalue weighted by molar-refractivity contribution is 0.602. The zero-order valence-corrected chi connectivity index (χ0v) is 12.0. The first-order chi connectivity index (χ1) is 9.99. The number of H-pyrrole nitrogens is 1. The van der Waals surface area contributed by atoms with Gasteiger partial charge in [0.2, 0.25) is 0 Å². The van der Waals surface area contributed by atoms with Crippen molar-refractivity contribution in [2.24, 2.45) is 0 Å². The summed E-state index contributed by atoms with van der Waals surface area (Å²) in [6.07, 6.45) is 1.16. The molecule has 0 bridgehead atoms. The largest absolute Gasteiger partial charge is 0.338 e. The molecule has 0 fully saturated rings. The van der Waals surface area contributed by atoms with E-state index in [2.05, 4.69) is 16.0 Å². The fourth-order valence-corrected chi connectivity index (χ4v) is 2.98. The summed E-state index contributed by atoms with van der Waals surface area (Å²) in [6, 6.07) is 14.0. The Morgan fingerprint density at radius 1 is 1.14 bits per heavy atom. The Kier molecular flexibility index (Phi) is 3.00. The number of hydrogen-bond acceptors (Lipinski definition) is 4. The highest BCUT2D eigenvalue weighted by Gasteiger charge is 2.15. The van der Waals surface area contributed by atoms with Gasteiger partial charge < -0.3 is 4.98 Å². The first kappa shape index (κ1) is 13.3. The van der Waals surface area contributed by atoms with Crippen molar-refractivity contribution in [3.63, 3.8) is 0 Å². The monoisotopic (exact) mass is 297 g/mol. The highest BCUT2D eigenvalue weighted by atomic mass is 32.2. The van der Waals surface area contributed by atoms with Crippen LogP contribution in [0.15, 0.2) is 47.4 Å². The van der Waals surface area contributed by atoms with Crippen molar-refractivity contribution in [2.45, 2.75) is 4.90 Å². The number of benzene rings is 2. The van der Waals surface area contributed by atoms with Crippen LogP contribution in [-0.2, 0) is 9.84 Å². The minimum Gasteiger partial charge on any atom is -0.338 e. The van der Waals surface area contributed by atoms with Crippen LogP contribution >= 0.6 is 0 Å². The van der Waals surface area contributed by atoms with Crippen LogP contribution in [0, 0.1) is 11.3 Å². The molecule has 104 valence electrons. The molecule has 0 atom stereocenters. The molecule has 5 nitrogen and oxygen atoms in total. The van der Waals surface area contributed by atoms with Gasteiger partial charge in [0.1, 0.15) is 11.3 Å². The number of hydrogen-bond donors (Lipinski definition) is 1. The minimum atomic E-state index is -3.33. The molecule has 1 heterocycles. The van der Waals surface area contributed by atoms with Crippen LogP contribution in [0.5, 0.6) is 0 Å². The maximum atomic E-state index is 11.8. The fourth-order valence-electron chi connectivity index (χ4n) is 2.14. The van der Waals surface area contributed by atoms with E-state index in [4.69, 9.17) is 5.26 Å². The van der Waals surface area contributed by atoms with Crippen molar-refractivity contribution in [3.8, 4) is 17.5 Å². The van der Waals surface area contributed by atoms with Gasteiger partial charge in [-0.25, -0.2) is 13.4 Å². The number of imidazole rings is 1. The van der Waals surface area contributed by atoms with E-state index in [9.17, 15) is 8.42 Å². The molecule has 0 saturated carbocycles. The molecule has 21 heavy (non-hydrogen) atoms. The number of aromatic nitrogens is 2. The summed E-state index contributed by atoms with van der Waals surface area (Å²) in [5.74, 6) is 0.575. The first-order valence-corrected chi connectivity index (χ1v) is 8.07. The van der Waals surface area contributed by atoms with Gasteiger partial charge in [-0.3, -0.25) is 0 Å². The molecular formula is C15H11N3O2S. The highest BCUT2D eigenvalue weighted by molar-refractivity contribution is 7.91. The summed E-state index contributed by atoms with van der Waals surface area (Å²) in [7, 11) is -3.33. The molecule has 1 aromatic heterocycles. The van der Waals surface area contributed by atoms with Crippen LogP contribution < -0.4 is 0 Å². The molecule has 2 aromatic carbocycles. The van der Waals surface area contributed by atoms with Gasteiger partial charge in [0.05, 0.1) is 22.0 Å². The van der Waals surface area contributed by atoms with Crippen LogP contribution in [0.1, 0.15) is 5.56 Å². The summed E-state index contributed by atoms with van der Waals surface area (Å²) in [5.41, 5.74) is 2.45.